The Labute approximate surface area is 146 Å². The number of benzene rings is 2. The fourth-order valence-electron chi connectivity index (χ4n) is 2.20. The molecule has 112 valence electrons. The highest BCUT2D eigenvalue weighted by Crippen LogP contribution is 2.29. The second-order valence-corrected chi connectivity index (χ2v) is 6.84. The van der Waals surface area contributed by atoms with Crippen LogP contribution in [0, 0.1) is 5.82 Å². The van der Waals surface area contributed by atoms with Gasteiger partial charge < -0.3 is 5.32 Å². The molecule has 2 aromatic carbocycles. The quantitative estimate of drug-likeness (QED) is 0.617. The maximum absolute atomic E-state index is 13.4. The van der Waals surface area contributed by atoms with Crippen LogP contribution < -0.4 is 5.32 Å². The molecule has 2 rings (SSSR count). The van der Waals surface area contributed by atoms with Gasteiger partial charge in [0, 0.05) is 15.0 Å². The minimum absolute atomic E-state index is 0.0821. The number of halogens is 4. The van der Waals surface area contributed by atoms with Crippen LogP contribution in [0.3, 0.4) is 0 Å². The fourth-order valence-corrected chi connectivity index (χ4v) is 3.05. The molecular formula is C16H15Br2ClFN. The third kappa shape index (κ3) is 4.52. The molecule has 0 saturated heterocycles. The van der Waals surface area contributed by atoms with E-state index in [-0.39, 0.29) is 11.9 Å². The molecule has 0 aromatic heterocycles. The predicted octanol–water partition coefficient (Wildman–Crippen LogP) is 5.90. The lowest BCUT2D eigenvalue weighted by Crippen LogP contribution is -2.23. The summed E-state index contributed by atoms with van der Waals surface area (Å²) in [6, 6.07) is 10.7. The monoisotopic (exact) mass is 433 g/mol. The Balaban J connectivity index is 2.30. The van der Waals surface area contributed by atoms with Gasteiger partial charge in [0.1, 0.15) is 5.82 Å². The summed E-state index contributed by atoms with van der Waals surface area (Å²) in [4.78, 5) is 0. The Morgan fingerprint density at radius 2 is 1.86 bits per heavy atom. The van der Waals surface area contributed by atoms with Gasteiger partial charge in [-0.3, -0.25) is 0 Å². The Kier molecular flexibility index (Phi) is 6.23. The lowest BCUT2D eigenvalue weighted by molar-refractivity contribution is 0.545. The number of likely N-dealkylation sites (N-methyl/N-ethyl adjacent to an activating group) is 1. The van der Waals surface area contributed by atoms with E-state index >= 15 is 0 Å². The average molecular weight is 436 g/mol. The average Bonchev–Trinajstić information content (AvgIpc) is 2.45. The summed E-state index contributed by atoms with van der Waals surface area (Å²) in [6.07, 6.45) is 0.685. The van der Waals surface area contributed by atoms with E-state index in [4.69, 9.17) is 11.6 Å². The minimum atomic E-state index is -0.225. The van der Waals surface area contributed by atoms with Crippen molar-refractivity contribution in [1.29, 1.82) is 0 Å². The first-order valence-electron chi connectivity index (χ1n) is 6.63. The SMILES string of the molecule is CCNC(Cc1cc(F)ccc1Br)c1ccc(Br)c(Cl)c1. The molecule has 0 amide bonds. The lowest BCUT2D eigenvalue weighted by atomic mass is 9.98. The first kappa shape index (κ1) is 16.9. The molecule has 0 spiro atoms. The Morgan fingerprint density at radius 3 is 2.52 bits per heavy atom. The van der Waals surface area contributed by atoms with Gasteiger partial charge in [-0.15, -0.1) is 0 Å². The van der Waals surface area contributed by atoms with Crippen molar-refractivity contribution in [2.24, 2.45) is 0 Å². The molecule has 0 heterocycles. The van der Waals surface area contributed by atoms with E-state index in [0.29, 0.717) is 11.4 Å². The molecule has 0 radical (unpaired) electrons. The van der Waals surface area contributed by atoms with Crippen LogP contribution >= 0.6 is 43.5 Å². The van der Waals surface area contributed by atoms with Gasteiger partial charge >= 0.3 is 0 Å². The van der Waals surface area contributed by atoms with Crippen LogP contribution in [0.2, 0.25) is 5.02 Å². The molecule has 2 aromatic rings. The maximum Gasteiger partial charge on any atom is 0.123 e. The number of hydrogen-bond acceptors (Lipinski definition) is 1. The number of hydrogen-bond donors (Lipinski definition) is 1. The van der Waals surface area contributed by atoms with Crippen LogP contribution in [0.15, 0.2) is 45.3 Å². The third-order valence-corrected chi connectivity index (χ3v) is 5.23. The smallest absolute Gasteiger partial charge is 0.123 e. The van der Waals surface area contributed by atoms with E-state index in [0.717, 1.165) is 26.6 Å². The van der Waals surface area contributed by atoms with Gasteiger partial charge in [-0.25, -0.2) is 4.39 Å². The minimum Gasteiger partial charge on any atom is -0.310 e. The number of nitrogens with one attached hydrogen (secondary N) is 1. The Hall–Kier alpha value is -0.420. The van der Waals surface area contributed by atoms with Gasteiger partial charge in [0.15, 0.2) is 0 Å². The zero-order valence-electron chi connectivity index (χ0n) is 11.5. The van der Waals surface area contributed by atoms with Gasteiger partial charge in [-0.05, 0) is 70.4 Å². The van der Waals surface area contributed by atoms with Crippen LogP contribution in [-0.4, -0.2) is 6.54 Å². The summed E-state index contributed by atoms with van der Waals surface area (Å²) in [5.41, 5.74) is 2.02. The van der Waals surface area contributed by atoms with E-state index in [1.54, 1.807) is 12.1 Å². The highest BCUT2D eigenvalue weighted by atomic mass is 79.9. The van der Waals surface area contributed by atoms with Crippen molar-refractivity contribution >= 4 is 43.5 Å². The molecule has 0 bridgehead atoms. The second kappa shape index (κ2) is 7.73. The summed E-state index contributed by atoms with van der Waals surface area (Å²) in [5.74, 6) is -0.225. The van der Waals surface area contributed by atoms with Crippen LogP contribution in [0.1, 0.15) is 24.1 Å². The second-order valence-electron chi connectivity index (χ2n) is 4.72. The largest absolute Gasteiger partial charge is 0.310 e. The van der Waals surface area contributed by atoms with Gasteiger partial charge in [0.05, 0.1) is 5.02 Å². The van der Waals surface area contributed by atoms with Crippen LogP contribution in [0.4, 0.5) is 4.39 Å². The van der Waals surface area contributed by atoms with Crippen molar-refractivity contribution < 1.29 is 4.39 Å². The third-order valence-electron chi connectivity index (χ3n) is 3.23. The van der Waals surface area contributed by atoms with Crippen molar-refractivity contribution in [3.63, 3.8) is 0 Å². The zero-order valence-corrected chi connectivity index (χ0v) is 15.4. The Bertz CT molecular complexity index is 634. The van der Waals surface area contributed by atoms with Crippen molar-refractivity contribution in [1.82, 2.24) is 5.32 Å². The zero-order chi connectivity index (χ0) is 15.4. The molecule has 1 atom stereocenters. The lowest BCUT2D eigenvalue weighted by Gasteiger charge is -2.20. The first-order chi connectivity index (χ1) is 10.0. The Morgan fingerprint density at radius 1 is 1.14 bits per heavy atom. The molecular weight excluding hydrogens is 420 g/mol. The molecule has 1 nitrogen and oxygen atoms in total. The molecule has 0 aliphatic rings. The van der Waals surface area contributed by atoms with E-state index in [1.165, 1.54) is 6.07 Å². The first-order valence-corrected chi connectivity index (χ1v) is 8.60. The van der Waals surface area contributed by atoms with Crippen molar-refractivity contribution in [3.05, 3.63) is 67.3 Å². The molecule has 0 aliphatic carbocycles. The fraction of sp³-hybridized carbons (Fsp3) is 0.250. The summed E-state index contributed by atoms with van der Waals surface area (Å²) in [5, 5.41) is 4.10. The van der Waals surface area contributed by atoms with Gasteiger partial charge in [0.25, 0.3) is 0 Å². The highest BCUT2D eigenvalue weighted by molar-refractivity contribution is 9.10. The normalized spacial score (nSPS) is 12.4. The maximum atomic E-state index is 13.4. The van der Waals surface area contributed by atoms with Crippen LogP contribution in [0.25, 0.3) is 0 Å². The molecule has 0 aliphatic heterocycles. The number of rotatable bonds is 5. The molecule has 1 unspecified atom stereocenters. The predicted molar refractivity (Wildman–Crippen MR) is 93.4 cm³/mol. The van der Waals surface area contributed by atoms with Gasteiger partial charge in [-0.2, -0.15) is 0 Å². The van der Waals surface area contributed by atoms with Crippen LogP contribution in [-0.2, 0) is 6.42 Å². The summed E-state index contributed by atoms with van der Waals surface area (Å²) >= 11 is 13.1. The molecule has 1 N–H and O–H groups in total. The van der Waals surface area contributed by atoms with E-state index in [1.807, 2.05) is 25.1 Å². The topological polar surface area (TPSA) is 12.0 Å². The van der Waals surface area contributed by atoms with Gasteiger partial charge in [-0.1, -0.05) is 40.5 Å². The van der Waals surface area contributed by atoms with Crippen LogP contribution in [0.5, 0.6) is 0 Å². The van der Waals surface area contributed by atoms with Gasteiger partial charge in [0.2, 0.25) is 0 Å². The van der Waals surface area contributed by atoms with E-state index in [9.17, 15) is 4.39 Å². The summed E-state index contributed by atoms with van der Waals surface area (Å²) in [6.45, 7) is 2.87. The summed E-state index contributed by atoms with van der Waals surface area (Å²) in [7, 11) is 0. The van der Waals surface area contributed by atoms with Crippen molar-refractivity contribution in [2.45, 2.75) is 19.4 Å². The molecule has 0 saturated carbocycles. The summed E-state index contributed by atoms with van der Waals surface area (Å²) < 4.78 is 15.2. The highest BCUT2D eigenvalue weighted by Gasteiger charge is 2.14. The molecule has 5 heteroatoms. The standard InChI is InChI=1S/C16H15Br2ClFN/c1-2-21-16(10-3-5-14(18)15(19)8-10)9-11-7-12(20)4-6-13(11)17/h3-8,16,21H,2,9H2,1H3. The van der Waals surface area contributed by atoms with Crippen molar-refractivity contribution in [2.75, 3.05) is 6.54 Å². The van der Waals surface area contributed by atoms with E-state index < -0.39 is 0 Å². The van der Waals surface area contributed by atoms with Crippen molar-refractivity contribution in [3.8, 4) is 0 Å². The molecule has 21 heavy (non-hydrogen) atoms. The van der Waals surface area contributed by atoms with E-state index in [2.05, 4.69) is 37.2 Å². The molecule has 0 fully saturated rings.